The lowest BCUT2D eigenvalue weighted by atomic mass is 10.2. The van der Waals surface area contributed by atoms with E-state index in [0.717, 1.165) is 11.4 Å². The first-order valence-corrected chi connectivity index (χ1v) is 7.45. The SMILES string of the molecule is CCOc1ccc(-n2ccc(C(=O)O)c2CC)cc1OCC. The van der Waals surface area contributed by atoms with Gasteiger partial charge in [-0.3, -0.25) is 0 Å². The minimum atomic E-state index is -0.911. The molecule has 0 aliphatic heterocycles. The number of carboxylic acids is 1. The molecule has 0 amide bonds. The monoisotopic (exact) mass is 303 g/mol. The number of aromatic carboxylic acids is 1. The molecule has 0 bridgehead atoms. The van der Waals surface area contributed by atoms with Gasteiger partial charge in [0.05, 0.1) is 18.8 Å². The van der Waals surface area contributed by atoms with E-state index in [4.69, 9.17) is 9.47 Å². The summed E-state index contributed by atoms with van der Waals surface area (Å²) in [5, 5.41) is 9.25. The van der Waals surface area contributed by atoms with Crippen LogP contribution >= 0.6 is 0 Å². The smallest absolute Gasteiger partial charge is 0.337 e. The number of carbonyl (C=O) groups is 1. The predicted molar refractivity (Wildman–Crippen MR) is 84.4 cm³/mol. The third-order valence-corrected chi connectivity index (χ3v) is 3.36. The molecule has 1 aromatic heterocycles. The van der Waals surface area contributed by atoms with Gasteiger partial charge in [0.2, 0.25) is 0 Å². The zero-order valence-corrected chi connectivity index (χ0v) is 13.1. The van der Waals surface area contributed by atoms with Crippen molar-refractivity contribution in [1.29, 1.82) is 0 Å². The number of aromatic nitrogens is 1. The Hall–Kier alpha value is -2.43. The molecule has 0 unspecified atom stereocenters. The van der Waals surface area contributed by atoms with Crippen LogP contribution in [0.2, 0.25) is 0 Å². The third-order valence-electron chi connectivity index (χ3n) is 3.36. The Bertz CT molecular complexity index is 661. The first-order chi connectivity index (χ1) is 10.6. The molecule has 0 fully saturated rings. The Morgan fingerprint density at radius 3 is 2.36 bits per heavy atom. The van der Waals surface area contributed by atoms with Crippen LogP contribution in [0.3, 0.4) is 0 Å². The summed E-state index contributed by atoms with van der Waals surface area (Å²) in [6.45, 7) is 6.88. The van der Waals surface area contributed by atoms with Crippen LogP contribution in [-0.2, 0) is 6.42 Å². The average molecular weight is 303 g/mol. The zero-order valence-electron chi connectivity index (χ0n) is 13.1. The molecular formula is C17H21NO4. The molecule has 0 saturated heterocycles. The molecule has 0 saturated carbocycles. The van der Waals surface area contributed by atoms with Crippen LogP contribution < -0.4 is 9.47 Å². The fraction of sp³-hybridized carbons (Fsp3) is 0.353. The van der Waals surface area contributed by atoms with E-state index in [1.54, 1.807) is 12.3 Å². The lowest BCUT2D eigenvalue weighted by molar-refractivity contribution is 0.0696. The Kier molecular flexibility index (Phi) is 5.09. The van der Waals surface area contributed by atoms with Gasteiger partial charge in [-0.25, -0.2) is 4.79 Å². The number of nitrogens with zero attached hydrogens (tertiary/aromatic N) is 1. The number of hydrogen-bond donors (Lipinski definition) is 1. The van der Waals surface area contributed by atoms with Gasteiger partial charge in [-0.05, 0) is 38.5 Å². The highest BCUT2D eigenvalue weighted by molar-refractivity contribution is 5.89. The summed E-state index contributed by atoms with van der Waals surface area (Å²) in [4.78, 5) is 11.3. The molecule has 0 aliphatic rings. The van der Waals surface area contributed by atoms with Gasteiger partial charge in [0.1, 0.15) is 0 Å². The van der Waals surface area contributed by atoms with Gasteiger partial charge in [0.25, 0.3) is 0 Å². The first kappa shape index (κ1) is 15.9. The molecule has 0 radical (unpaired) electrons. The molecule has 0 atom stereocenters. The molecular weight excluding hydrogens is 282 g/mol. The average Bonchev–Trinajstić information content (AvgIpc) is 2.93. The van der Waals surface area contributed by atoms with Crippen LogP contribution in [0.4, 0.5) is 0 Å². The molecule has 118 valence electrons. The van der Waals surface area contributed by atoms with Gasteiger partial charge < -0.3 is 19.1 Å². The Balaban J connectivity index is 2.49. The molecule has 2 aromatic rings. The maximum absolute atomic E-state index is 11.3. The van der Waals surface area contributed by atoms with Crippen LogP contribution in [0.1, 0.15) is 36.8 Å². The van der Waals surface area contributed by atoms with Crippen molar-refractivity contribution in [2.24, 2.45) is 0 Å². The maximum Gasteiger partial charge on any atom is 0.337 e. The predicted octanol–water partition coefficient (Wildman–Crippen LogP) is 3.54. The summed E-state index contributed by atoms with van der Waals surface area (Å²) in [7, 11) is 0. The van der Waals surface area contributed by atoms with E-state index in [9.17, 15) is 9.90 Å². The number of carboxylic acid groups (broad SMARTS) is 1. The molecule has 2 rings (SSSR count). The largest absolute Gasteiger partial charge is 0.490 e. The zero-order chi connectivity index (χ0) is 16.1. The second kappa shape index (κ2) is 7.02. The second-order valence-corrected chi connectivity index (χ2v) is 4.70. The van der Waals surface area contributed by atoms with Crippen LogP contribution in [0.5, 0.6) is 11.5 Å². The van der Waals surface area contributed by atoms with Gasteiger partial charge in [-0.2, -0.15) is 0 Å². The Morgan fingerprint density at radius 1 is 1.09 bits per heavy atom. The summed E-state index contributed by atoms with van der Waals surface area (Å²) >= 11 is 0. The highest BCUT2D eigenvalue weighted by Gasteiger charge is 2.15. The summed E-state index contributed by atoms with van der Waals surface area (Å²) in [5.74, 6) is 0.442. The van der Waals surface area contributed by atoms with Crippen molar-refractivity contribution in [3.63, 3.8) is 0 Å². The van der Waals surface area contributed by atoms with Crippen LogP contribution in [-0.4, -0.2) is 28.9 Å². The number of hydrogen-bond acceptors (Lipinski definition) is 3. The van der Waals surface area contributed by atoms with Crippen molar-refractivity contribution in [3.8, 4) is 17.2 Å². The molecule has 1 heterocycles. The van der Waals surface area contributed by atoms with Gasteiger partial charge in [0.15, 0.2) is 11.5 Å². The van der Waals surface area contributed by atoms with Crippen LogP contribution in [0, 0.1) is 0 Å². The highest BCUT2D eigenvalue weighted by Crippen LogP contribution is 2.31. The second-order valence-electron chi connectivity index (χ2n) is 4.70. The molecule has 1 N–H and O–H groups in total. The van der Waals surface area contributed by atoms with Crippen LogP contribution in [0.25, 0.3) is 5.69 Å². The Labute approximate surface area is 130 Å². The molecule has 5 nitrogen and oxygen atoms in total. The van der Waals surface area contributed by atoms with Gasteiger partial charge in [-0.15, -0.1) is 0 Å². The standard InChI is InChI=1S/C17H21NO4/c1-4-14-13(17(19)20)9-10-18(14)12-7-8-15(21-5-2)16(11-12)22-6-3/h7-11H,4-6H2,1-3H3,(H,19,20). The van der Waals surface area contributed by atoms with E-state index >= 15 is 0 Å². The van der Waals surface area contributed by atoms with E-state index in [1.165, 1.54) is 0 Å². The van der Waals surface area contributed by atoms with Crippen molar-refractivity contribution < 1.29 is 19.4 Å². The fourth-order valence-electron chi connectivity index (χ4n) is 2.45. The van der Waals surface area contributed by atoms with E-state index in [1.807, 2.05) is 43.5 Å². The van der Waals surface area contributed by atoms with Gasteiger partial charge >= 0.3 is 5.97 Å². The topological polar surface area (TPSA) is 60.7 Å². The van der Waals surface area contributed by atoms with E-state index in [-0.39, 0.29) is 0 Å². The number of rotatable bonds is 7. The van der Waals surface area contributed by atoms with Crippen molar-refractivity contribution in [2.75, 3.05) is 13.2 Å². The molecule has 0 spiro atoms. The lowest BCUT2D eigenvalue weighted by Crippen LogP contribution is -2.05. The fourth-order valence-corrected chi connectivity index (χ4v) is 2.45. The van der Waals surface area contributed by atoms with Gasteiger partial charge in [0, 0.05) is 23.6 Å². The van der Waals surface area contributed by atoms with Crippen molar-refractivity contribution in [2.45, 2.75) is 27.2 Å². The molecule has 5 heteroatoms. The number of ether oxygens (including phenoxy) is 2. The summed E-state index contributed by atoms with van der Waals surface area (Å²) in [6, 6.07) is 7.25. The normalized spacial score (nSPS) is 10.5. The quantitative estimate of drug-likeness (QED) is 0.850. The summed E-state index contributed by atoms with van der Waals surface area (Å²) < 4.78 is 13.1. The van der Waals surface area contributed by atoms with Crippen LogP contribution in [0.15, 0.2) is 30.5 Å². The third kappa shape index (κ3) is 3.08. The van der Waals surface area contributed by atoms with E-state index < -0.39 is 5.97 Å². The van der Waals surface area contributed by atoms with Crippen molar-refractivity contribution in [1.82, 2.24) is 4.57 Å². The minimum absolute atomic E-state index is 0.328. The van der Waals surface area contributed by atoms with E-state index in [2.05, 4.69) is 0 Å². The van der Waals surface area contributed by atoms with Crippen molar-refractivity contribution in [3.05, 3.63) is 41.7 Å². The molecule has 0 aliphatic carbocycles. The molecule has 22 heavy (non-hydrogen) atoms. The maximum atomic E-state index is 11.3. The Morgan fingerprint density at radius 2 is 1.77 bits per heavy atom. The minimum Gasteiger partial charge on any atom is -0.490 e. The first-order valence-electron chi connectivity index (χ1n) is 7.45. The van der Waals surface area contributed by atoms with E-state index in [0.29, 0.717) is 36.7 Å². The molecule has 1 aromatic carbocycles. The lowest BCUT2D eigenvalue weighted by Gasteiger charge is -2.14. The number of benzene rings is 1. The van der Waals surface area contributed by atoms with Crippen molar-refractivity contribution >= 4 is 5.97 Å². The summed E-state index contributed by atoms with van der Waals surface area (Å²) in [6.07, 6.45) is 2.40. The van der Waals surface area contributed by atoms with Gasteiger partial charge in [-0.1, -0.05) is 6.92 Å². The highest BCUT2D eigenvalue weighted by atomic mass is 16.5. The summed E-state index contributed by atoms with van der Waals surface area (Å²) in [5.41, 5.74) is 1.95.